The van der Waals surface area contributed by atoms with E-state index in [2.05, 4.69) is 21.3 Å². The van der Waals surface area contributed by atoms with E-state index in [1.54, 1.807) is 42.5 Å². The van der Waals surface area contributed by atoms with Gasteiger partial charge in [-0.3, -0.25) is 10.2 Å². The van der Waals surface area contributed by atoms with Crippen molar-refractivity contribution in [3.05, 3.63) is 83.9 Å². The second-order valence-corrected chi connectivity index (χ2v) is 7.59. The summed E-state index contributed by atoms with van der Waals surface area (Å²) in [6.45, 7) is 0. The molecule has 0 saturated carbocycles. The SMILES string of the molecule is N=C(N)/C=C1\C(=O)Nc2cc(Nc3cccc(NC(=O)Nc4cccc(C(F)(F)F)c4)c3)ccc21. The topological polar surface area (TPSA) is 132 Å². The summed E-state index contributed by atoms with van der Waals surface area (Å²) in [4.78, 5) is 24.4. The van der Waals surface area contributed by atoms with Crippen molar-refractivity contribution in [2.75, 3.05) is 21.3 Å². The second kappa shape index (κ2) is 9.21. The zero-order chi connectivity index (χ0) is 25.2. The third kappa shape index (κ3) is 5.58. The van der Waals surface area contributed by atoms with E-state index in [4.69, 9.17) is 11.1 Å². The Kier molecular flexibility index (Phi) is 6.15. The van der Waals surface area contributed by atoms with E-state index in [1.807, 2.05) is 0 Å². The molecule has 1 aliphatic heterocycles. The van der Waals surface area contributed by atoms with Crippen LogP contribution in [0.3, 0.4) is 0 Å². The Morgan fingerprint density at radius 3 is 2.23 bits per heavy atom. The molecule has 0 atom stereocenters. The predicted octanol–water partition coefficient (Wildman–Crippen LogP) is 5.36. The predicted molar refractivity (Wildman–Crippen MR) is 129 cm³/mol. The first-order valence-electron chi connectivity index (χ1n) is 10.2. The fourth-order valence-electron chi connectivity index (χ4n) is 3.48. The number of fused-ring (bicyclic) bond motifs is 1. The molecule has 4 rings (SSSR count). The van der Waals surface area contributed by atoms with Crippen molar-refractivity contribution >= 4 is 51.8 Å². The molecule has 7 N–H and O–H groups in total. The summed E-state index contributed by atoms with van der Waals surface area (Å²) in [5.74, 6) is -0.586. The van der Waals surface area contributed by atoms with Gasteiger partial charge in [0.25, 0.3) is 5.91 Å². The number of alkyl halides is 3. The van der Waals surface area contributed by atoms with Gasteiger partial charge in [0.1, 0.15) is 5.84 Å². The van der Waals surface area contributed by atoms with Crippen LogP contribution in [0.2, 0.25) is 0 Å². The molecule has 0 spiro atoms. The Bertz CT molecular complexity index is 1370. The zero-order valence-electron chi connectivity index (χ0n) is 18.0. The number of nitrogens with one attached hydrogen (secondary N) is 5. The van der Waals surface area contributed by atoms with Crippen LogP contribution in [0.4, 0.5) is 46.4 Å². The normalized spacial score (nSPS) is 13.7. The molecule has 178 valence electrons. The molecule has 0 radical (unpaired) electrons. The van der Waals surface area contributed by atoms with Crippen molar-refractivity contribution in [3.8, 4) is 0 Å². The molecule has 0 aliphatic carbocycles. The van der Waals surface area contributed by atoms with Crippen LogP contribution in [0.15, 0.2) is 72.8 Å². The van der Waals surface area contributed by atoms with Crippen molar-refractivity contribution in [3.63, 3.8) is 0 Å². The number of carbonyl (C=O) groups excluding carboxylic acids is 2. The van der Waals surface area contributed by atoms with Gasteiger partial charge in [-0.25, -0.2) is 4.79 Å². The number of rotatable bonds is 5. The Balaban J connectivity index is 1.44. The van der Waals surface area contributed by atoms with Crippen LogP contribution in [0, 0.1) is 5.41 Å². The number of nitrogens with two attached hydrogens (primary N) is 1. The Morgan fingerprint density at radius 1 is 0.914 bits per heavy atom. The number of amides is 3. The van der Waals surface area contributed by atoms with E-state index >= 15 is 0 Å². The number of amidine groups is 1. The number of hydrogen-bond donors (Lipinski definition) is 6. The maximum absolute atomic E-state index is 12.9. The fraction of sp³-hybridized carbons (Fsp3) is 0.0417. The van der Waals surface area contributed by atoms with Gasteiger partial charge in [-0.2, -0.15) is 13.2 Å². The number of anilines is 5. The van der Waals surface area contributed by atoms with E-state index in [0.717, 1.165) is 12.1 Å². The zero-order valence-corrected chi connectivity index (χ0v) is 18.0. The highest BCUT2D eigenvalue weighted by Gasteiger charge is 2.30. The number of urea groups is 1. The summed E-state index contributed by atoms with van der Waals surface area (Å²) in [6.07, 6.45) is -3.23. The number of carbonyl (C=O) groups is 2. The van der Waals surface area contributed by atoms with Crippen LogP contribution in [-0.2, 0) is 11.0 Å². The van der Waals surface area contributed by atoms with Gasteiger partial charge in [-0.1, -0.05) is 18.2 Å². The van der Waals surface area contributed by atoms with Gasteiger partial charge in [0.15, 0.2) is 0 Å². The Labute approximate surface area is 197 Å². The molecule has 1 heterocycles. The molecule has 0 saturated heterocycles. The molecule has 0 aromatic heterocycles. The van der Waals surface area contributed by atoms with E-state index in [0.29, 0.717) is 33.9 Å². The summed E-state index contributed by atoms with van der Waals surface area (Å²) in [6, 6.07) is 15.5. The minimum atomic E-state index is -4.51. The first kappa shape index (κ1) is 23.4. The van der Waals surface area contributed by atoms with Crippen molar-refractivity contribution < 1.29 is 22.8 Å². The highest BCUT2D eigenvalue weighted by molar-refractivity contribution is 6.34. The van der Waals surface area contributed by atoms with Crippen molar-refractivity contribution in [1.82, 2.24) is 0 Å². The van der Waals surface area contributed by atoms with Crippen LogP contribution in [0.5, 0.6) is 0 Å². The molecule has 3 aromatic rings. The highest BCUT2D eigenvalue weighted by Crippen LogP contribution is 2.35. The Morgan fingerprint density at radius 2 is 1.54 bits per heavy atom. The molecular formula is C24H19F3N6O2. The van der Waals surface area contributed by atoms with Gasteiger partial charge in [0.2, 0.25) is 0 Å². The number of halogens is 3. The minimum absolute atomic E-state index is 0.00462. The van der Waals surface area contributed by atoms with Crippen molar-refractivity contribution in [2.24, 2.45) is 5.73 Å². The molecule has 35 heavy (non-hydrogen) atoms. The van der Waals surface area contributed by atoms with E-state index < -0.39 is 17.8 Å². The van der Waals surface area contributed by atoms with Gasteiger partial charge in [0.05, 0.1) is 16.8 Å². The third-order valence-corrected chi connectivity index (χ3v) is 4.96. The monoisotopic (exact) mass is 480 g/mol. The molecule has 3 aromatic carbocycles. The van der Waals surface area contributed by atoms with Gasteiger partial charge in [0, 0.05) is 28.3 Å². The molecule has 0 bridgehead atoms. The average Bonchev–Trinajstić information content (AvgIpc) is 3.07. The summed E-state index contributed by atoms with van der Waals surface area (Å²) in [5.41, 5.74) is 7.67. The average molecular weight is 480 g/mol. The largest absolute Gasteiger partial charge is 0.416 e. The molecule has 0 fully saturated rings. The number of hydrogen-bond acceptors (Lipinski definition) is 4. The standard InChI is InChI=1S/C24H19F3N6O2/c25-24(26,27)13-3-1-4-14(9-13)31-23(35)32-16-6-2-5-15(10-16)30-17-7-8-18-19(12-21(28)29)22(34)33-20(18)11-17/h1-12,30H,(H3,28,29)(H,33,34)(H2,31,32,35)/b19-12-. The van der Waals surface area contributed by atoms with E-state index in [-0.39, 0.29) is 17.4 Å². The van der Waals surface area contributed by atoms with Gasteiger partial charge in [-0.05, 0) is 54.6 Å². The van der Waals surface area contributed by atoms with Crippen LogP contribution in [0.1, 0.15) is 11.1 Å². The number of benzene rings is 3. The lowest BCUT2D eigenvalue weighted by molar-refractivity contribution is -0.137. The fourth-order valence-corrected chi connectivity index (χ4v) is 3.48. The smallest absolute Gasteiger partial charge is 0.384 e. The van der Waals surface area contributed by atoms with E-state index in [1.165, 1.54) is 18.2 Å². The Hall–Kier alpha value is -4.80. The van der Waals surface area contributed by atoms with Crippen LogP contribution in [-0.4, -0.2) is 17.8 Å². The van der Waals surface area contributed by atoms with Crippen LogP contribution >= 0.6 is 0 Å². The summed E-state index contributed by atoms with van der Waals surface area (Å²) >= 11 is 0. The summed E-state index contributed by atoms with van der Waals surface area (Å²) in [7, 11) is 0. The van der Waals surface area contributed by atoms with Crippen molar-refractivity contribution in [1.29, 1.82) is 5.41 Å². The molecule has 1 aliphatic rings. The van der Waals surface area contributed by atoms with Crippen LogP contribution in [0.25, 0.3) is 5.57 Å². The lowest BCUT2D eigenvalue weighted by Gasteiger charge is -2.12. The third-order valence-electron chi connectivity index (χ3n) is 4.96. The molecule has 0 unspecified atom stereocenters. The summed E-state index contributed by atoms with van der Waals surface area (Å²) in [5, 5.41) is 18.2. The minimum Gasteiger partial charge on any atom is -0.384 e. The molecular weight excluding hydrogens is 461 g/mol. The van der Waals surface area contributed by atoms with Gasteiger partial charge >= 0.3 is 12.2 Å². The highest BCUT2D eigenvalue weighted by atomic mass is 19.4. The second-order valence-electron chi connectivity index (χ2n) is 7.59. The lowest BCUT2D eigenvalue weighted by Crippen LogP contribution is -2.19. The maximum Gasteiger partial charge on any atom is 0.416 e. The lowest BCUT2D eigenvalue weighted by atomic mass is 10.1. The first-order chi connectivity index (χ1) is 16.6. The molecule has 3 amide bonds. The van der Waals surface area contributed by atoms with Gasteiger partial charge < -0.3 is 27.0 Å². The maximum atomic E-state index is 12.9. The van der Waals surface area contributed by atoms with E-state index in [9.17, 15) is 22.8 Å². The van der Waals surface area contributed by atoms with Crippen LogP contribution < -0.4 is 27.0 Å². The molecule has 11 heteroatoms. The van der Waals surface area contributed by atoms with Gasteiger partial charge in [-0.15, -0.1) is 0 Å². The quantitative estimate of drug-likeness (QED) is 0.167. The molecule has 8 nitrogen and oxygen atoms in total. The van der Waals surface area contributed by atoms with Crippen molar-refractivity contribution in [2.45, 2.75) is 6.18 Å². The summed E-state index contributed by atoms with van der Waals surface area (Å²) < 4.78 is 38.6. The first-order valence-corrected chi connectivity index (χ1v) is 10.2.